The van der Waals surface area contributed by atoms with Gasteiger partial charge in [-0.3, -0.25) is 4.79 Å². The van der Waals surface area contributed by atoms with Crippen LogP contribution in [0.3, 0.4) is 0 Å². The molecule has 3 heterocycles. The van der Waals surface area contributed by atoms with E-state index in [9.17, 15) is 4.79 Å². The molecule has 0 saturated carbocycles. The molecular formula is C22H19N3O. The number of hydrogen-bond acceptors (Lipinski definition) is 2. The lowest BCUT2D eigenvalue weighted by Gasteiger charge is -2.20. The normalized spacial score (nSPS) is 13.3. The van der Waals surface area contributed by atoms with E-state index in [0.717, 1.165) is 47.2 Å². The highest BCUT2D eigenvalue weighted by Crippen LogP contribution is 2.28. The lowest BCUT2D eigenvalue weighted by molar-refractivity contribution is 0.616. The minimum Gasteiger partial charge on any atom is -0.341 e. The van der Waals surface area contributed by atoms with E-state index >= 15 is 0 Å². The quantitative estimate of drug-likeness (QED) is 0.590. The summed E-state index contributed by atoms with van der Waals surface area (Å²) in [6.45, 7) is 2.77. The van der Waals surface area contributed by atoms with Gasteiger partial charge in [0.05, 0.1) is 16.8 Å². The van der Waals surface area contributed by atoms with Crippen LogP contribution in [0.15, 0.2) is 59.4 Å². The largest absolute Gasteiger partial charge is 0.341 e. The number of hydrogen-bond donors (Lipinski definition) is 1. The second-order valence-corrected chi connectivity index (χ2v) is 6.90. The fourth-order valence-electron chi connectivity index (χ4n) is 4.00. The summed E-state index contributed by atoms with van der Waals surface area (Å²) in [4.78, 5) is 21.2. The Kier molecular flexibility index (Phi) is 3.32. The second-order valence-electron chi connectivity index (χ2n) is 6.90. The Labute approximate surface area is 151 Å². The third kappa shape index (κ3) is 2.22. The Bertz CT molecular complexity index is 1190. The molecule has 4 aromatic rings. The van der Waals surface area contributed by atoms with Gasteiger partial charge in [0.2, 0.25) is 0 Å². The Morgan fingerprint density at radius 2 is 1.92 bits per heavy atom. The summed E-state index contributed by atoms with van der Waals surface area (Å²) in [6.07, 6.45) is 2.04. The minimum absolute atomic E-state index is 0.0398. The molecule has 0 fully saturated rings. The lowest BCUT2D eigenvalue weighted by atomic mass is 10.00. The SMILES string of the molecule is Cc1[nH]c(-c2cc3cccc4c3n(c2=O)CCC4)nc1-c1ccccc1. The van der Waals surface area contributed by atoms with Crippen molar-refractivity contribution in [1.29, 1.82) is 0 Å². The van der Waals surface area contributed by atoms with Crippen molar-refractivity contribution in [3.63, 3.8) is 0 Å². The molecule has 0 unspecified atom stereocenters. The first-order valence-corrected chi connectivity index (χ1v) is 9.00. The number of aryl methyl sites for hydroxylation is 3. The molecule has 128 valence electrons. The van der Waals surface area contributed by atoms with Crippen molar-refractivity contribution in [3.8, 4) is 22.6 Å². The van der Waals surface area contributed by atoms with Gasteiger partial charge in [-0.15, -0.1) is 0 Å². The van der Waals surface area contributed by atoms with E-state index in [1.54, 1.807) is 0 Å². The predicted octanol–water partition coefficient (Wildman–Crippen LogP) is 4.31. The molecule has 0 spiro atoms. The Balaban J connectivity index is 1.74. The number of nitrogens with one attached hydrogen (secondary N) is 1. The highest BCUT2D eigenvalue weighted by atomic mass is 16.1. The summed E-state index contributed by atoms with van der Waals surface area (Å²) in [5, 5.41) is 1.10. The molecule has 0 aliphatic carbocycles. The number of imidazole rings is 1. The van der Waals surface area contributed by atoms with Crippen molar-refractivity contribution in [2.45, 2.75) is 26.3 Å². The molecule has 4 nitrogen and oxygen atoms in total. The van der Waals surface area contributed by atoms with Crippen LogP contribution >= 0.6 is 0 Å². The van der Waals surface area contributed by atoms with E-state index in [1.165, 1.54) is 5.56 Å². The van der Waals surface area contributed by atoms with Gasteiger partial charge in [-0.1, -0.05) is 48.5 Å². The van der Waals surface area contributed by atoms with Crippen molar-refractivity contribution in [2.75, 3.05) is 0 Å². The van der Waals surface area contributed by atoms with Gasteiger partial charge >= 0.3 is 0 Å². The highest BCUT2D eigenvalue weighted by molar-refractivity contribution is 5.86. The van der Waals surface area contributed by atoms with Crippen LogP contribution in [0, 0.1) is 6.92 Å². The molecule has 5 rings (SSSR count). The molecular weight excluding hydrogens is 322 g/mol. The van der Waals surface area contributed by atoms with Crippen LogP contribution in [0.4, 0.5) is 0 Å². The molecule has 1 aliphatic rings. The summed E-state index contributed by atoms with van der Waals surface area (Å²) in [5.41, 5.74) is 5.94. The number of H-pyrrole nitrogens is 1. The second kappa shape index (κ2) is 5.70. The first-order chi connectivity index (χ1) is 12.7. The molecule has 0 saturated heterocycles. The van der Waals surface area contributed by atoms with E-state index in [0.29, 0.717) is 11.4 Å². The average molecular weight is 341 g/mol. The van der Waals surface area contributed by atoms with Crippen molar-refractivity contribution < 1.29 is 0 Å². The predicted molar refractivity (Wildman–Crippen MR) is 104 cm³/mol. The number of benzene rings is 2. The summed E-state index contributed by atoms with van der Waals surface area (Å²) in [7, 11) is 0. The van der Waals surface area contributed by atoms with Gasteiger partial charge in [0.15, 0.2) is 0 Å². The van der Waals surface area contributed by atoms with E-state index in [2.05, 4.69) is 23.2 Å². The van der Waals surface area contributed by atoms with Gasteiger partial charge in [0, 0.05) is 17.8 Å². The van der Waals surface area contributed by atoms with Crippen molar-refractivity contribution >= 4 is 10.9 Å². The van der Waals surface area contributed by atoms with Crippen LogP contribution in [-0.4, -0.2) is 14.5 Å². The Morgan fingerprint density at radius 3 is 2.77 bits per heavy atom. The van der Waals surface area contributed by atoms with Crippen LogP contribution in [0.5, 0.6) is 0 Å². The number of aromatic nitrogens is 3. The van der Waals surface area contributed by atoms with E-state index in [-0.39, 0.29) is 5.56 Å². The van der Waals surface area contributed by atoms with Crippen LogP contribution < -0.4 is 5.56 Å². The molecule has 0 radical (unpaired) electrons. The van der Waals surface area contributed by atoms with E-state index < -0.39 is 0 Å². The van der Waals surface area contributed by atoms with Gasteiger partial charge in [-0.05, 0) is 36.8 Å². The summed E-state index contributed by atoms with van der Waals surface area (Å²) >= 11 is 0. The topological polar surface area (TPSA) is 50.7 Å². The third-order valence-electron chi connectivity index (χ3n) is 5.21. The lowest BCUT2D eigenvalue weighted by Crippen LogP contribution is -2.26. The number of rotatable bonds is 2. The van der Waals surface area contributed by atoms with Crippen molar-refractivity contribution in [1.82, 2.24) is 14.5 Å². The van der Waals surface area contributed by atoms with Crippen molar-refractivity contribution in [2.24, 2.45) is 0 Å². The number of pyridine rings is 1. The number of para-hydroxylation sites is 1. The Morgan fingerprint density at radius 1 is 1.08 bits per heavy atom. The van der Waals surface area contributed by atoms with Gasteiger partial charge < -0.3 is 9.55 Å². The fourth-order valence-corrected chi connectivity index (χ4v) is 4.00. The smallest absolute Gasteiger partial charge is 0.262 e. The molecule has 2 aromatic heterocycles. The molecule has 2 aromatic carbocycles. The maximum absolute atomic E-state index is 13.2. The molecule has 1 aliphatic heterocycles. The fraction of sp³-hybridized carbons (Fsp3) is 0.182. The summed E-state index contributed by atoms with van der Waals surface area (Å²) < 4.78 is 1.92. The van der Waals surface area contributed by atoms with E-state index in [1.807, 2.05) is 47.9 Å². The van der Waals surface area contributed by atoms with Gasteiger partial charge in [-0.2, -0.15) is 0 Å². The molecule has 0 atom stereocenters. The molecule has 0 amide bonds. The molecule has 1 N–H and O–H groups in total. The maximum atomic E-state index is 13.2. The zero-order valence-corrected chi connectivity index (χ0v) is 14.6. The minimum atomic E-state index is 0.0398. The maximum Gasteiger partial charge on any atom is 0.262 e. The van der Waals surface area contributed by atoms with E-state index in [4.69, 9.17) is 4.98 Å². The van der Waals surface area contributed by atoms with Gasteiger partial charge in [0.1, 0.15) is 5.82 Å². The zero-order valence-electron chi connectivity index (χ0n) is 14.6. The average Bonchev–Trinajstić information content (AvgIpc) is 3.07. The molecule has 26 heavy (non-hydrogen) atoms. The standard InChI is InChI=1S/C22H19N3O/c1-14-19(15-7-3-2-4-8-15)24-21(23-14)18-13-17-10-5-9-16-11-6-12-25(20(16)17)22(18)26/h2-5,7-10,13H,6,11-12H2,1H3,(H,23,24). The monoisotopic (exact) mass is 341 g/mol. The van der Waals surface area contributed by atoms with Crippen molar-refractivity contribution in [3.05, 3.63) is 76.2 Å². The zero-order chi connectivity index (χ0) is 17.7. The van der Waals surface area contributed by atoms with Crippen LogP contribution in [0.25, 0.3) is 33.5 Å². The molecule has 4 heteroatoms. The Hall–Kier alpha value is -3.14. The van der Waals surface area contributed by atoms with Crippen LogP contribution in [0.2, 0.25) is 0 Å². The highest BCUT2D eigenvalue weighted by Gasteiger charge is 2.19. The first-order valence-electron chi connectivity index (χ1n) is 9.00. The summed E-state index contributed by atoms with van der Waals surface area (Å²) in [5.74, 6) is 0.646. The van der Waals surface area contributed by atoms with Gasteiger partial charge in [0.25, 0.3) is 5.56 Å². The number of nitrogens with zero attached hydrogens (tertiary/aromatic N) is 2. The summed E-state index contributed by atoms with van der Waals surface area (Å²) in [6, 6.07) is 18.3. The van der Waals surface area contributed by atoms with Gasteiger partial charge in [-0.25, -0.2) is 4.98 Å². The number of aromatic amines is 1. The first kappa shape index (κ1) is 15.1. The third-order valence-corrected chi connectivity index (χ3v) is 5.21. The molecule has 0 bridgehead atoms. The van der Waals surface area contributed by atoms with Crippen LogP contribution in [0.1, 0.15) is 17.7 Å². The van der Waals surface area contributed by atoms with Crippen LogP contribution in [-0.2, 0) is 13.0 Å².